The molecule has 0 radical (unpaired) electrons. The molecule has 2 N–H and O–H groups in total. The van der Waals surface area contributed by atoms with E-state index < -0.39 is 0 Å². The molecular formula is C18H29N3O2. The maximum atomic E-state index is 12.2. The summed E-state index contributed by atoms with van der Waals surface area (Å²) in [6.45, 7) is 7.19. The van der Waals surface area contributed by atoms with E-state index in [-0.39, 0.29) is 18.7 Å². The minimum absolute atomic E-state index is 0.00823. The number of likely N-dealkylation sites (N-methyl/N-ethyl adjacent to an activating group) is 1. The van der Waals surface area contributed by atoms with Gasteiger partial charge in [0, 0.05) is 38.3 Å². The number of aliphatic hydroxyl groups is 1. The van der Waals surface area contributed by atoms with Crippen LogP contribution in [0.25, 0.3) is 0 Å². The van der Waals surface area contributed by atoms with E-state index in [9.17, 15) is 4.79 Å². The quantitative estimate of drug-likeness (QED) is 0.845. The lowest BCUT2D eigenvalue weighted by atomic mass is 10.0. The predicted molar refractivity (Wildman–Crippen MR) is 92.3 cm³/mol. The Kier molecular flexibility index (Phi) is 6.86. The Bertz CT molecular complexity index is 472. The highest BCUT2D eigenvalue weighted by molar-refractivity contribution is 5.74. The highest BCUT2D eigenvalue weighted by Crippen LogP contribution is 2.24. The number of carbonyl (C=O) groups excluding carboxylic acids is 1. The van der Waals surface area contributed by atoms with Crippen LogP contribution < -0.4 is 5.32 Å². The number of piperidine rings is 1. The molecule has 128 valence electrons. The van der Waals surface area contributed by atoms with E-state index >= 15 is 0 Å². The first kappa shape index (κ1) is 17.8. The van der Waals surface area contributed by atoms with Gasteiger partial charge in [-0.1, -0.05) is 30.3 Å². The molecule has 0 saturated carbocycles. The van der Waals surface area contributed by atoms with Crippen LogP contribution in [0.3, 0.4) is 0 Å². The van der Waals surface area contributed by atoms with E-state index in [2.05, 4.69) is 41.4 Å². The summed E-state index contributed by atoms with van der Waals surface area (Å²) in [6.07, 6.45) is 1.94. The molecular weight excluding hydrogens is 290 g/mol. The molecule has 1 aromatic rings. The van der Waals surface area contributed by atoms with Crippen molar-refractivity contribution in [1.29, 1.82) is 0 Å². The Hall–Kier alpha value is -1.59. The number of urea groups is 1. The number of benzene rings is 1. The second-order valence-electron chi connectivity index (χ2n) is 6.15. The molecule has 0 bridgehead atoms. The largest absolute Gasteiger partial charge is 0.395 e. The number of rotatable bonds is 6. The molecule has 0 aliphatic carbocycles. The Labute approximate surface area is 139 Å². The Morgan fingerprint density at radius 1 is 1.35 bits per heavy atom. The summed E-state index contributed by atoms with van der Waals surface area (Å²) >= 11 is 0. The molecule has 5 heteroatoms. The minimum Gasteiger partial charge on any atom is -0.395 e. The molecule has 1 aliphatic rings. The van der Waals surface area contributed by atoms with Crippen molar-refractivity contribution in [3.8, 4) is 0 Å². The first-order valence-electron chi connectivity index (χ1n) is 8.61. The molecule has 1 aromatic carbocycles. The topological polar surface area (TPSA) is 55.8 Å². The molecule has 0 aromatic heterocycles. The summed E-state index contributed by atoms with van der Waals surface area (Å²) in [5, 5.41) is 12.1. The zero-order chi connectivity index (χ0) is 16.7. The number of nitrogens with one attached hydrogen (secondary N) is 1. The van der Waals surface area contributed by atoms with Gasteiger partial charge in [-0.15, -0.1) is 0 Å². The Morgan fingerprint density at radius 3 is 2.57 bits per heavy atom. The zero-order valence-corrected chi connectivity index (χ0v) is 14.2. The molecule has 23 heavy (non-hydrogen) atoms. The van der Waals surface area contributed by atoms with Crippen molar-refractivity contribution in [2.24, 2.45) is 0 Å². The summed E-state index contributed by atoms with van der Waals surface area (Å²) < 4.78 is 0. The fraction of sp³-hybridized carbons (Fsp3) is 0.611. The number of hydrogen-bond donors (Lipinski definition) is 2. The van der Waals surface area contributed by atoms with E-state index in [4.69, 9.17) is 5.11 Å². The van der Waals surface area contributed by atoms with E-state index in [0.717, 1.165) is 25.9 Å². The first-order chi connectivity index (χ1) is 11.2. The number of likely N-dealkylation sites (tertiary alicyclic amines) is 1. The zero-order valence-electron chi connectivity index (χ0n) is 14.2. The number of amides is 2. The van der Waals surface area contributed by atoms with Crippen LogP contribution in [0, 0.1) is 0 Å². The van der Waals surface area contributed by atoms with Crippen molar-refractivity contribution in [2.75, 3.05) is 32.8 Å². The van der Waals surface area contributed by atoms with Crippen LogP contribution in [0.2, 0.25) is 0 Å². The smallest absolute Gasteiger partial charge is 0.317 e. The van der Waals surface area contributed by atoms with Crippen LogP contribution in [-0.4, -0.2) is 59.8 Å². The fourth-order valence-electron chi connectivity index (χ4n) is 3.16. The van der Waals surface area contributed by atoms with Crippen LogP contribution in [0.1, 0.15) is 38.3 Å². The number of nitrogens with zero attached hydrogens (tertiary/aromatic N) is 2. The monoisotopic (exact) mass is 319 g/mol. The van der Waals surface area contributed by atoms with Gasteiger partial charge in [0.15, 0.2) is 0 Å². The van der Waals surface area contributed by atoms with Gasteiger partial charge in [-0.05, 0) is 32.3 Å². The summed E-state index contributed by atoms with van der Waals surface area (Å²) in [4.78, 5) is 16.3. The van der Waals surface area contributed by atoms with Gasteiger partial charge in [0.1, 0.15) is 0 Å². The lowest BCUT2D eigenvalue weighted by Gasteiger charge is -2.37. The molecule has 0 spiro atoms. The van der Waals surface area contributed by atoms with Crippen LogP contribution in [0.4, 0.5) is 4.79 Å². The van der Waals surface area contributed by atoms with Crippen molar-refractivity contribution in [1.82, 2.24) is 15.1 Å². The van der Waals surface area contributed by atoms with Crippen LogP contribution >= 0.6 is 0 Å². The van der Waals surface area contributed by atoms with E-state index in [0.29, 0.717) is 19.1 Å². The van der Waals surface area contributed by atoms with Crippen molar-refractivity contribution >= 4 is 6.03 Å². The second kappa shape index (κ2) is 8.89. The van der Waals surface area contributed by atoms with Gasteiger partial charge in [0.25, 0.3) is 0 Å². The van der Waals surface area contributed by atoms with Gasteiger partial charge in [-0.2, -0.15) is 0 Å². The van der Waals surface area contributed by atoms with Crippen molar-refractivity contribution in [3.05, 3.63) is 35.9 Å². The third-order valence-electron chi connectivity index (χ3n) is 4.73. The summed E-state index contributed by atoms with van der Waals surface area (Å²) in [6, 6.07) is 11.1. The van der Waals surface area contributed by atoms with Gasteiger partial charge in [-0.25, -0.2) is 4.79 Å². The molecule has 5 nitrogen and oxygen atoms in total. The molecule has 1 aliphatic heterocycles. The van der Waals surface area contributed by atoms with Crippen molar-refractivity contribution < 1.29 is 9.90 Å². The summed E-state index contributed by atoms with van der Waals surface area (Å²) in [5.41, 5.74) is 1.34. The van der Waals surface area contributed by atoms with Crippen LogP contribution in [-0.2, 0) is 0 Å². The predicted octanol–water partition coefficient (Wildman–Crippen LogP) is 2.24. The van der Waals surface area contributed by atoms with E-state index in [1.807, 2.05) is 13.0 Å². The van der Waals surface area contributed by atoms with Crippen molar-refractivity contribution in [3.63, 3.8) is 0 Å². The van der Waals surface area contributed by atoms with Crippen LogP contribution in [0.15, 0.2) is 30.3 Å². The molecule has 1 atom stereocenters. The fourth-order valence-corrected chi connectivity index (χ4v) is 3.16. The average Bonchev–Trinajstić information content (AvgIpc) is 2.60. The molecule has 1 heterocycles. The normalized spacial score (nSPS) is 17.7. The lowest BCUT2D eigenvalue weighted by Crippen LogP contribution is -2.50. The average molecular weight is 319 g/mol. The third kappa shape index (κ3) is 4.94. The molecule has 1 fully saturated rings. The standard InChI is InChI=1S/C18H29N3O2/c1-3-20(13-14-22)18(23)19-17-9-11-21(12-10-17)15(2)16-7-5-4-6-8-16/h4-8,15,17,22H,3,9-14H2,1-2H3,(H,19,23). The van der Waals surface area contributed by atoms with Gasteiger partial charge in [0.05, 0.1) is 6.61 Å². The van der Waals surface area contributed by atoms with E-state index in [1.54, 1.807) is 4.90 Å². The summed E-state index contributed by atoms with van der Waals surface area (Å²) in [5.74, 6) is 0. The lowest BCUT2D eigenvalue weighted by molar-refractivity contribution is 0.142. The van der Waals surface area contributed by atoms with Gasteiger partial charge >= 0.3 is 6.03 Å². The minimum atomic E-state index is -0.0592. The second-order valence-corrected chi connectivity index (χ2v) is 6.15. The van der Waals surface area contributed by atoms with Gasteiger partial charge in [0.2, 0.25) is 0 Å². The highest BCUT2D eigenvalue weighted by Gasteiger charge is 2.25. The molecule has 1 unspecified atom stereocenters. The number of aliphatic hydroxyl groups excluding tert-OH is 1. The maximum Gasteiger partial charge on any atom is 0.317 e. The van der Waals surface area contributed by atoms with E-state index in [1.165, 1.54) is 5.56 Å². The van der Waals surface area contributed by atoms with Crippen molar-refractivity contribution in [2.45, 2.75) is 38.8 Å². The maximum absolute atomic E-state index is 12.2. The molecule has 1 saturated heterocycles. The molecule has 2 rings (SSSR count). The highest BCUT2D eigenvalue weighted by atomic mass is 16.3. The Balaban J connectivity index is 1.81. The van der Waals surface area contributed by atoms with Gasteiger partial charge < -0.3 is 15.3 Å². The summed E-state index contributed by atoms with van der Waals surface area (Å²) in [7, 11) is 0. The molecule has 2 amide bonds. The number of hydrogen-bond acceptors (Lipinski definition) is 3. The van der Waals surface area contributed by atoms with Crippen LogP contribution in [0.5, 0.6) is 0 Å². The first-order valence-corrected chi connectivity index (χ1v) is 8.61. The third-order valence-corrected chi connectivity index (χ3v) is 4.73. The SMILES string of the molecule is CCN(CCO)C(=O)NC1CCN(C(C)c2ccccc2)CC1. The van der Waals surface area contributed by atoms with Gasteiger partial charge in [-0.3, -0.25) is 4.90 Å². The Morgan fingerprint density at radius 2 is 2.00 bits per heavy atom. The number of carbonyl (C=O) groups is 1.